The highest BCUT2D eigenvalue weighted by Gasteiger charge is 2.23. The first-order valence-corrected chi connectivity index (χ1v) is 14.1. The molecule has 0 saturated carbocycles. The molecule has 0 spiro atoms. The topological polar surface area (TPSA) is 75.4 Å². The molecule has 1 aromatic heterocycles. The minimum absolute atomic E-state index is 0.0240. The van der Waals surface area contributed by atoms with E-state index < -0.39 is 0 Å². The van der Waals surface area contributed by atoms with Crippen LogP contribution in [0.3, 0.4) is 0 Å². The van der Waals surface area contributed by atoms with Crippen molar-refractivity contribution >= 4 is 11.6 Å². The number of amides is 1. The van der Waals surface area contributed by atoms with E-state index in [1.165, 1.54) is 4.68 Å². The fraction of sp³-hybridized carbons (Fsp3) is 0.344. The van der Waals surface area contributed by atoms with E-state index >= 15 is 0 Å². The molecule has 5 rings (SSSR count). The normalized spacial score (nSPS) is 14.8. The molecule has 1 N–H and O–H groups in total. The number of nitrogens with one attached hydrogen (secondary N) is 1. The van der Waals surface area contributed by atoms with Crippen LogP contribution in [0.25, 0.3) is 5.69 Å². The van der Waals surface area contributed by atoms with Gasteiger partial charge in [-0.2, -0.15) is 5.10 Å². The molecule has 1 aliphatic rings. The number of rotatable bonds is 10. The van der Waals surface area contributed by atoms with Crippen LogP contribution in [-0.2, 0) is 11.3 Å². The fourth-order valence-electron chi connectivity index (χ4n) is 5.26. The molecule has 1 saturated heterocycles. The predicted molar refractivity (Wildman–Crippen MR) is 159 cm³/mol. The van der Waals surface area contributed by atoms with E-state index in [0.29, 0.717) is 6.54 Å². The summed E-state index contributed by atoms with van der Waals surface area (Å²) >= 11 is 0. The Morgan fingerprint density at radius 1 is 0.850 bits per heavy atom. The second kappa shape index (κ2) is 12.8. The Morgan fingerprint density at radius 3 is 2.10 bits per heavy atom. The van der Waals surface area contributed by atoms with Crippen LogP contribution in [0.5, 0.6) is 0 Å². The summed E-state index contributed by atoms with van der Waals surface area (Å²) < 4.78 is 3.07. The lowest BCUT2D eigenvalue weighted by Gasteiger charge is -2.36. The maximum Gasteiger partial charge on any atom is 0.350 e. The lowest BCUT2D eigenvalue weighted by atomic mass is 9.94. The number of nitrogens with zero attached hydrogens (tertiary/aromatic N) is 5. The van der Waals surface area contributed by atoms with Gasteiger partial charge in [0.2, 0.25) is 5.91 Å². The van der Waals surface area contributed by atoms with Gasteiger partial charge in [-0.15, -0.1) is 0 Å². The summed E-state index contributed by atoms with van der Waals surface area (Å²) in [5, 5.41) is 7.37. The molecule has 2 heterocycles. The Morgan fingerprint density at radius 2 is 1.48 bits per heavy atom. The summed E-state index contributed by atoms with van der Waals surface area (Å²) in [6.07, 6.45) is 2.36. The standard InChI is InChI=1S/C32H38N6O2/c1-25(2)38-32(40)37(24-34-38)29-15-13-28(14-16-29)36-21-19-35(20-22-36)18-17-30(27-11-7-4-8-12-27)31(39)33-23-26-9-5-3-6-10-26/h3-16,24-25,30H,17-23H2,1-2H3,(H,33,39). The van der Waals surface area contributed by atoms with Gasteiger partial charge >= 0.3 is 5.69 Å². The van der Waals surface area contributed by atoms with E-state index in [9.17, 15) is 9.59 Å². The van der Waals surface area contributed by atoms with E-state index in [0.717, 1.165) is 61.6 Å². The van der Waals surface area contributed by atoms with Gasteiger partial charge in [0.05, 0.1) is 17.6 Å². The Hall–Kier alpha value is -4.17. The summed E-state index contributed by atoms with van der Waals surface area (Å²) in [7, 11) is 0. The Labute approximate surface area is 235 Å². The third-order valence-corrected chi connectivity index (χ3v) is 7.61. The predicted octanol–water partition coefficient (Wildman–Crippen LogP) is 4.23. The zero-order chi connectivity index (χ0) is 27.9. The minimum atomic E-state index is -0.182. The van der Waals surface area contributed by atoms with Crippen molar-refractivity contribution < 1.29 is 4.79 Å². The second-order valence-corrected chi connectivity index (χ2v) is 10.6. The van der Waals surface area contributed by atoms with Crippen molar-refractivity contribution in [3.8, 4) is 5.69 Å². The van der Waals surface area contributed by atoms with Crippen molar-refractivity contribution in [1.29, 1.82) is 0 Å². The number of hydrogen-bond donors (Lipinski definition) is 1. The van der Waals surface area contributed by atoms with Crippen LogP contribution in [0, 0.1) is 0 Å². The molecule has 1 aliphatic heterocycles. The molecule has 8 heteroatoms. The van der Waals surface area contributed by atoms with Gasteiger partial charge in [0.1, 0.15) is 6.33 Å². The van der Waals surface area contributed by atoms with Gasteiger partial charge in [-0.3, -0.25) is 9.69 Å². The largest absolute Gasteiger partial charge is 0.369 e. The smallest absolute Gasteiger partial charge is 0.350 e. The Balaban J connectivity index is 1.15. The van der Waals surface area contributed by atoms with E-state index in [1.807, 2.05) is 74.5 Å². The van der Waals surface area contributed by atoms with Crippen molar-refractivity contribution in [1.82, 2.24) is 24.6 Å². The molecule has 0 radical (unpaired) electrons. The van der Waals surface area contributed by atoms with E-state index in [-0.39, 0.29) is 23.6 Å². The first-order chi connectivity index (χ1) is 19.5. The number of anilines is 1. The number of carbonyl (C=O) groups excluding carboxylic acids is 1. The zero-order valence-corrected chi connectivity index (χ0v) is 23.3. The lowest BCUT2D eigenvalue weighted by molar-refractivity contribution is -0.123. The van der Waals surface area contributed by atoms with Crippen LogP contribution in [0.4, 0.5) is 5.69 Å². The molecule has 8 nitrogen and oxygen atoms in total. The first-order valence-electron chi connectivity index (χ1n) is 14.1. The highest BCUT2D eigenvalue weighted by molar-refractivity contribution is 5.83. The molecule has 3 aromatic carbocycles. The summed E-state index contributed by atoms with van der Waals surface area (Å²) in [6, 6.07) is 28.3. The van der Waals surface area contributed by atoms with Crippen LogP contribution < -0.4 is 15.9 Å². The maximum absolute atomic E-state index is 13.2. The number of carbonyl (C=O) groups is 1. The molecule has 1 fully saturated rings. The molecule has 0 aliphatic carbocycles. The van der Waals surface area contributed by atoms with Crippen molar-refractivity contribution in [3.05, 3.63) is 113 Å². The summed E-state index contributed by atoms with van der Waals surface area (Å²) in [5.41, 5.74) is 4.00. The average molecular weight is 539 g/mol. The van der Waals surface area contributed by atoms with Crippen LogP contribution >= 0.6 is 0 Å². The maximum atomic E-state index is 13.2. The van der Waals surface area contributed by atoms with Gasteiger partial charge in [-0.25, -0.2) is 14.0 Å². The fourth-order valence-corrected chi connectivity index (χ4v) is 5.26. The van der Waals surface area contributed by atoms with E-state index in [4.69, 9.17) is 0 Å². The molecular formula is C32H38N6O2. The van der Waals surface area contributed by atoms with Crippen LogP contribution in [0.15, 0.2) is 96.1 Å². The third-order valence-electron chi connectivity index (χ3n) is 7.61. The van der Waals surface area contributed by atoms with Gasteiger partial charge < -0.3 is 10.2 Å². The molecule has 40 heavy (non-hydrogen) atoms. The average Bonchev–Trinajstić information content (AvgIpc) is 3.39. The number of aromatic nitrogens is 3. The highest BCUT2D eigenvalue weighted by Crippen LogP contribution is 2.23. The van der Waals surface area contributed by atoms with Gasteiger partial charge in [0, 0.05) is 38.4 Å². The van der Waals surface area contributed by atoms with Crippen molar-refractivity contribution in [2.24, 2.45) is 0 Å². The van der Waals surface area contributed by atoms with Gasteiger partial charge in [0.25, 0.3) is 0 Å². The number of benzene rings is 3. The van der Waals surface area contributed by atoms with Crippen molar-refractivity contribution in [3.63, 3.8) is 0 Å². The Kier molecular flexibility index (Phi) is 8.76. The van der Waals surface area contributed by atoms with Crippen LogP contribution in [0.1, 0.15) is 43.4 Å². The van der Waals surface area contributed by atoms with Crippen molar-refractivity contribution in [2.75, 3.05) is 37.6 Å². The third kappa shape index (κ3) is 6.51. The van der Waals surface area contributed by atoms with E-state index in [1.54, 1.807) is 10.9 Å². The van der Waals surface area contributed by atoms with Gasteiger partial charge in [-0.1, -0.05) is 60.7 Å². The second-order valence-electron chi connectivity index (χ2n) is 10.6. The summed E-state index contributed by atoms with van der Waals surface area (Å²) in [4.78, 5) is 30.7. The zero-order valence-electron chi connectivity index (χ0n) is 23.3. The molecule has 0 bridgehead atoms. The van der Waals surface area contributed by atoms with Gasteiger partial charge in [-0.05, 0) is 62.2 Å². The number of piperazine rings is 1. The molecule has 4 aromatic rings. The van der Waals surface area contributed by atoms with E-state index in [2.05, 4.69) is 44.5 Å². The number of hydrogen-bond acceptors (Lipinski definition) is 5. The molecule has 1 unspecified atom stereocenters. The molecule has 1 atom stereocenters. The monoisotopic (exact) mass is 538 g/mol. The minimum Gasteiger partial charge on any atom is -0.369 e. The summed E-state index contributed by atoms with van der Waals surface area (Å²) in [6.45, 7) is 9.02. The van der Waals surface area contributed by atoms with Crippen molar-refractivity contribution in [2.45, 2.75) is 38.8 Å². The van der Waals surface area contributed by atoms with Gasteiger partial charge in [0.15, 0.2) is 0 Å². The molecular weight excluding hydrogens is 500 g/mol. The summed E-state index contributed by atoms with van der Waals surface area (Å²) in [5.74, 6) is -0.106. The lowest BCUT2D eigenvalue weighted by Crippen LogP contribution is -2.47. The van der Waals surface area contributed by atoms with Crippen LogP contribution in [-0.4, -0.2) is 57.9 Å². The Bertz CT molecular complexity index is 1420. The molecule has 208 valence electrons. The van der Waals surface area contributed by atoms with Crippen LogP contribution in [0.2, 0.25) is 0 Å². The quantitative estimate of drug-likeness (QED) is 0.327. The SMILES string of the molecule is CC(C)n1ncn(-c2ccc(N3CCN(CCC(C(=O)NCc4ccccc4)c4ccccc4)CC3)cc2)c1=O. The molecule has 1 amide bonds. The highest BCUT2D eigenvalue weighted by atomic mass is 16.2. The first kappa shape index (κ1) is 27.4.